The van der Waals surface area contributed by atoms with Crippen molar-refractivity contribution in [1.29, 1.82) is 0 Å². The van der Waals surface area contributed by atoms with Crippen LogP contribution in [0.5, 0.6) is 17.2 Å². The average Bonchev–Trinajstić information content (AvgIpc) is 3.09. The van der Waals surface area contributed by atoms with Crippen molar-refractivity contribution in [1.82, 2.24) is 4.90 Å². The van der Waals surface area contributed by atoms with Crippen molar-refractivity contribution in [2.45, 2.75) is 6.54 Å². The van der Waals surface area contributed by atoms with E-state index in [9.17, 15) is 14.9 Å². The van der Waals surface area contributed by atoms with Crippen molar-refractivity contribution in [3.05, 3.63) is 52.1 Å². The Balaban J connectivity index is 1.61. The van der Waals surface area contributed by atoms with Crippen LogP contribution >= 0.6 is 0 Å². The molecule has 1 heterocycles. The highest BCUT2D eigenvalue weighted by Crippen LogP contribution is 2.33. The van der Waals surface area contributed by atoms with Crippen molar-refractivity contribution < 1.29 is 23.9 Å². The molecule has 0 bridgehead atoms. The third-order valence-corrected chi connectivity index (χ3v) is 3.98. The Morgan fingerprint density at radius 3 is 2.78 bits per heavy atom. The Labute approximate surface area is 155 Å². The number of rotatable bonds is 7. The number of ether oxygens (including phenoxy) is 3. The number of nitrogens with zero attached hydrogens (tertiary/aromatic N) is 2. The summed E-state index contributed by atoms with van der Waals surface area (Å²) in [6.07, 6.45) is 0. The van der Waals surface area contributed by atoms with Crippen LogP contribution < -0.4 is 19.5 Å². The molecule has 0 saturated carbocycles. The van der Waals surface area contributed by atoms with E-state index in [1.807, 2.05) is 18.2 Å². The molecule has 0 aromatic heterocycles. The van der Waals surface area contributed by atoms with Gasteiger partial charge in [0.1, 0.15) is 11.4 Å². The number of fused-ring (bicyclic) bond motifs is 1. The van der Waals surface area contributed by atoms with Gasteiger partial charge in [-0.25, -0.2) is 0 Å². The largest absolute Gasteiger partial charge is 0.496 e. The van der Waals surface area contributed by atoms with Crippen LogP contribution in [-0.4, -0.2) is 43.2 Å². The summed E-state index contributed by atoms with van der Waals surface area (Å²) < 4.78 is 15.6. The normalized spacial score (nSPS) is 12.1. The summed E-state index contributed by atoms with van der Waals surface area (Å²) in [6, 6.07) is 9.87. The number of hydrogen-bond acceptors (Lipinski definition) is 7. The monoisotopic (exact) mass is 373 g/mol. The number of nitro benzene ring substituents is 1. The van der Waals surface area contributed by atoms with E-state index in [4.69, 9.17) is 14.2 Å². The van der Waals surface area contributed by atoms with Gasteiger partial charge in [0.25, 0.3) is 5.69 Å². The lowest BCUT2D eigenvalue weighted by molar-refractivity contribution is -0.384. The summed E-state index contributed by atoms with van der Waals surface area (Å²) in [5, 5.41) is 13.8. The van der Waals surface area contributed by atoms with Crippen molar-refractivity contribution in [2.24, 2.45) is 0 Å². The number of carbonyl (C=O) groups is 1. The first-order chi connectivity index (χ1) is 13.0. The summed E-state index contributed by atoms with van der Waals surface area (Å²) in [5.41, 5.74) is 0.869. The summed E-state index contributed by atoms with van der Waals surface area (Å²) >= 11 is 0. The lowest BCUT2D eigenvalue weighted by atomic mass is 10.2. The quantitative estimate of drug-likeness (QED) is 0.587. The fraction of sp³-hybridized carbons (Fsp3) is 0.278. The van der Waals surface area contributed by atoms with Crippen LogP contribution in [0.4, 0.5) is 11.4 Å². The van der Waals surface area contributed by atoms with Gasteiger partial charge in [0.2, 0.25) is 12.7 Å². The Bertz CT molecular complexity index is 870. The van der Waals surface area contributed by atoms with Gasteiger partial charge >= 0.3 is 0 Å². The second-order valence-corrected chi connectivity index (χ2v) is 6.05. The molecule has 27 heavy (non-hydrogen) atoms. The van der Waals surface area contributed by atoms with E-state index in [2.05, 4.69) is 5.32 Å². The molecular weight excluding hydrogens is 354 g/mol. The minimum absolute atomic E-state index is 0.0671. The fourth-order valence-corrected chi connectivity index (χ4v) is 2.74. The fourth-order valence-electron chi connectivity index (χ4n) is 2.74. The van der Waals surface area contributed by atoms with E-state index in [1.54, 1.807) is 18.0 Å². The highest BCUT2D eigenvalue weighted by molar-refractivity contribution is 5.94. The molecule has 0 saturated heterocycles. The molecule has 1 N–H and O–H groups in total. The number of carbonyl (C=O) groups excluding carboxylic acids is 1. The highest BCUT2D eigenvalue weighted by Gasteiger charge is 2.18. The molecule has 1 aliphatic rings. The zero-order valence-corrected chi connectivity index (χ0v) is 14.9. The van der Waals surface area contributed by atoms with Crippen LogP contribution in [0.1, 0.15) is 5.56 Å². The number of hydrogen-bond donors (Lipinski definition) is 1. The standard InChI is InChI=1S/C18H19N3O6/c1-20(9-12-3-6-16-17(7-12)27-11-26-16)10-18(22)19-14-5-4-13(25-2)8-15(14)21(23)24/h3-8H,9-11H2,1-2H3,(H,19,22). The smallest absolute Gasteiger partial charge is 0.296 e. The lowest BCUT2D eigenvalue weighted by Crippen LogP contribution is -2.30. The molecule has 0 spiro atoms. The van der Waals surface area contributed by atoms with E-state index < -0.39 is 4.92 Å². The van der Waals surface area contributed by atoms with Gasteiger partial charge in [-0.3, -0.25) is 19.8 Å². The zero-order valence-electron chi connectivity index (χ0n) is 14.9. The number of anilines is 1. The molecule has 0 unspecified atom stereocenters. The van der Waals surface area contributed by atoms with Gasteiger partial charge in [0.05, 0.1) is 24.6 Å². The van der Waals surface area contributed by atoms with Gasteiger partial charge in [-0.05, 0) is 36.9 Å². The molecule has 1 amide bonds. The second kappa shape index (κ2) is 7.92. The maximum absolute atomic E-state index is 12.3. The first kappa shape index (κ1) is 18.5. The first-order valence-electron chi connectivity index (χ1n) is 8.15. The van der Waals surface area contributed by atoms with Gasteiger partial charge in [0, 0.05) is 6.54 Å². The van der Waals surface area contributed by atoms with Crippen molar-refractivity contribution in [3.63, 3.8) is 0 Å². The van der Waals surface area contributed by atoms with E-state index in [1.165, 1.54) is 19.2 Å². The summed E-state index contributed by atoms with van der Waals surface area (Å²) in [7, 11) is 3.20. The number of nitrogens with one attached hydrogen (secondary N) is 1. The molecule has 0 atom stereocenters. The van der Waals surface area contributed by atoms with Gasteiger partial charge in [0.15, 0.2) is 11.5 Å². The van der Waals surface area contributed by atoms with E-state index in [0.29, 0.717) is 23.8 Å². The topological polar surface area (TPSA) is 103 Å². The second-order valence-electron chi connectivity index (χ2n) is 6.05. The molecule has 9 heteroatoms. The van der Waals surface area contributed by atoms with Crippen molar-refractivity contribution in [2.75, 3.05) is 32.8 Å². The predicted octanol–water partition coefficient (Wildman–Crippen LogP) is 2.40. The van der Waals surface area contributed by atoms with Crippen LogP contribution in [0.3, 0.4) is 0 Å². The van der Waals surface area contributed by atoms with E-state index in [-0.39, 0.29) is 30.6 Å². The molecule has 0 radical (unpaired) electrons. The van der Waals surface area contributed by atoms with Crippen molar-refractivity contribution >= 4 is 17.3 Å². The first-order valence-corrected chi connectivity index (χ1v) is 8.15. The van der Waals surface area contributed by atoms with Gasteiger partial charge in [-0.1, -0.05) is 6.07 Å². The Morgan fingerprint density at radius 2 is 2.04 bits per heavy atom. The molecule has 2 aromatic carbocycles. The third kappa shape index (κ3) is 4.45. The molecular formula is C18H19N3O6. The molecule has 1 aliphatic heterocycles. The van der Waals surface area contributed by atoms with E-state index in [0.717, 1.165) is 5.56 Å². The molecule has 142 valence electrons. The lowest BCUT2D eigenvalue weighted by Gasteiger charge is -2.16. The Kier molecular flexibility index (Phi) is 5.41. The molecule has 9 nitrogen and oxygen atoms in total. The Hall–Kier alpha value is -3.33. The maximum Gasteiger partial charge on any atom is 0.296 e. The SMILES string of the molecule is COc1ccc(NC(=O)CN(C)Cc2ccc3c(c2)OCO3)c([N+](=O)[O-])c1. The minimum atomic E-state index is -0.561. The maximum atomic E-state index is 12.3. The van der Waals surface area contributed by atoms with Crippen LogP contribution in [0.2, 0.25) is 0 Å². The number of methoxy groups -OCH3 is 1. The molecule has 0 fully saturated rings. The summed E-state index contributed by atoms with van der Waals surface area (Å²) in [5.74, 6) is 1.37. The highest BCUT2D eigenvalue weighted by atomic mass is 16.7. The number of likely N-dealkylation sites (N-methyl/N-ethyl adjacent to an activating group) is 1. The summed E-state index contributed by atoms with van der Waals surface area (Å²) in [6.45, 7) is 0.782. The number of nitro groups is 1. The average molecular weight is 373 g/mol. The van der Waals surface area contributed by atoms with Crippen LogP contribution in [0, 0.1) is 10.1 Å². The van der Waals surface area contributed by atoms with Crippen LogP contribution in [0.25, 0.3) is 0 Å². The summed E-state index contributed by atoms with van der Waals surface area (Å²) in [4.78, 5) is 24.7. The Morgan fingerprint density at radius 1 is 1.26 bits per heavy atom. The van der Waals surface area contributed by atoms with Gasteiger partial charge < -0.3 is 19.5 Å². The van der Waals surface area contributed by atoms with Crippen LogP contribution in [0.15, 0.2) is 36.4 Å². The van der Waals surface area contributed by atoms with Crippen LogP contribution in [-0.2, 0) is 11.3 Å². The number of benzene rings is 2. The molecule has 2 aromatic rings. The minimum Gasteiger partial charge on any atom is -0.496 e. The predicted molar refractivity (Wildman–Crippen MR) is 97.2 cm³/mol. The molecule has 0 aliphatic carbocycles. The zero-order chi connectivity index (χ0) is 19.4. The third-order valence-electron chi connectivity index (χ3n) is 3.98. The van der Waals surface area contributed by atoms with Crippen molar-refractivity contribution in [3.8, 4) is 17.2 Å². The van der Waals surface area contributed by atoms with Gasteiger partial charge in [-0.2, -0.15) is 0 Å². The van der Waals surface area contributed by atoms with E-state index >= 15 is 0 Å². The number of amides is 1. The molecule has 3 rings (SSSR count). The van der Waals surface area contributed by atoms with Gasteiger partial charge in [-0.15, -0.1) is 0 Å².